The third-order valence-corrected chi connectivity index (χ3v) is 4.71. The number of fused-ring (bicyclic) bond motifs is 1. The van der Waals surface area contributed by atoms with Gasteiger partial charge in [-0.15, -0.1) is 0 Å². The van der Waals surface area contributed by atoms with Crippen LogP contribution in [0.15, 0.2) is 55.0 Å². The van der Waals surface area contributed by atoms with Crippen LogP contribution in [0.2, 0.25) is 0 Å². The van der Waals surface area contributed by atoms with E-state index in [1.54, 1.807) is 16.8 Å². The highest BCUT2D eigenvalue weighted by molar-refractivity contribution is 5.93. The van der Waals surface area contributed by atoms with Gasteiger partial charge in [0.2, 0.25) is 5.78 Å². The Kier molecular flexibility index (Phi) is 3.76. The molecular formula is C19H20N4O. The van der Waals surface area contributed by atoms with Gasteiger partial charge in [0, 0.05) is 31.2 Å². The van der Waals surface area contributed by atoms with Crippen molar-refractivity contribution in [2.75, 3.05) is 0 Å². The second kappa shape index (κ2) is 6.07. The molecule has 0 aliphatic heterocycles. The van der Waals surface area contributed by atoms with Gasteiger partial charge in [0.1, 0.15) is 5.69 Å². The molecule has 2 heterocycles. The summed E-state index contributed by atoms with van der Waals surface area (Å²) in [7, 11) is 0. The lowest BCUT2D eigenvalue weighted by Gasteiger charge is -2.29. The number of imidazole rings is 1. The Morgan fingerprint density at radius 2 is 2.08 bits per heavy atom. The van der Waals surface area contributed by atoms with Crippen LogP contribution in [0.5, 0.6) is 0 Å². The van der Waals surface area contributed by atoms with Gasteiger partial charge >= 0.3 is 0 Å². The Hall–Kier alpha value is -2.69. The Labute approximate surface area is 141 Å². The SMILES string of the molecule is CC(C1CC1)N(Cc1ccccc1)C(=O)c1cn2cccnc2n1. The van der Waals surface area contributed by atoms with E-state index >= 15 is 0 Å². The summed E-state index contributed by atoms with van der Waals surface area (Å²) in [5, 5.41) is 0. The minimum absolute atomic E-state index is 0.0243. The highest BCUT2D eigenvalue weighted by Crippen LogP contribution is 2.36. The Bertz CT molecular complexity index is 821. The number of hydrogen-bond acceptors (Lipinski definition) is 3. The first-order chi connectivity index (χ1) is 11.7. The van der Waals surface area contributed by atoms with E-state index in [0.29, 0.717) is 23.9 Å². The summed E-state index contributed by atoms with van der Waals surface area (Å²) < 4.78 is 1.79. The quantitative estimate of drug-likeness (QED) is 0.725. The summed E-state index contributed by atoms with van der Waals surface area (Å²) in [5.41, 5.74) is 1.59. The van der Waals surface area contributed by atoms with E-state index in [0.717, 1.165) is 5.56 Å². The topological polar surface area (TPSA) is 50.5 Å². The second-order valence-corrected chi connectivity index (χ2v) is 6.45. The van der Waals surface area contributed by atoms with Crippen LogP contribution >= 0.6 is 0 Å². The van der Waals surface area contributed by atoms with Crippen LogP contribution in [-0.4, -0.2) is 31.2 Å². The predicted molar refractivity (Wildman–Crippen MR) is 91.5 cm³/mol. The van der Waals surface area contributed by atoms with E-state index < -0.39 is 0 Å². The van der Waals surface area contributed by atoms with Crippen molar-refractivity contribution < 1.29 is 4.79 Å². The standard InChI is InChI=1S/C19H20N4O/c1-14(16-8-9-16)23(12-15-6-3-2-4-7-15)18(24)17-13-22-11-5-10-20-19(22)21-17/h2-7,10-11,13-14,16H,8-9,12H2,1H3. The summed E-state index contributed by atoms with van der Waals surface area (Å²) in [4.78, 5) is 23.7. The molecule has 3 aromatic rings. The fourth-order valence-electron chi connectivity index (χ4n) is 3.09. The van der Waals surface area contributed by atoms with E-state index in [2.05, 4.69) is 29.0 Å². The van der Waals surface area contributed by atoms with Gasteiger partial charge in [-0.3, -0.25) is 9.20 Å². The molecule has 1 amide bonds. The zero-order valence-corrected chi connectivity index (χ0v) is 13.7. The number of carbonyl (C=O) groups is 1. The summed E-state index contributed by atoms with van der Waals surface area (Å²) in [6.07, 6.45) is 7.71. The van der Waals surface area contributed by atoms with Crippen LogP contribution in [0.1, 0.15) is 35.8 Å². The molecule has 1 saturated carbocycles. The van der Waals surface area contributed by atoms with E-state index in [9.17, 15) is 4.79 Å². The van der Waals surface area contributed by atoms with Gasteiger partial charge < -0.3 is 4.90 Å². The highest BCUT2D eigenvalue weighted by atomic mass is 16.2. The molecule has 0 radical (unpaired) electrons. The van der Waals surface area contributed by atoms with E-state index in [-0.39, 0.29) is 11.9 Å². The number of aromatic nitrogens is 3. The maximum Gasteiger partial charge on any atom is 0.274 e. The third-order valence-electron chi connectivity index (χ3n) is 4.71. The van der Waals surface area contributed by atoms with Crippen molar-refractivity contribution in [3.8, 4) is 0 Å². The molecule has 0 N–H and O–H groups in total. The van der Waals surface area contributed by atoms with Crippen LogP contribution in [0.25, 0.3) is 5.78 Å². The lowest BCUT2D eigenvalue weighted by molar-refractivity contribution is 0.0649. The number of hydrogen-bond donors (Lipinski definition) is 0. The molecule has 1 aromatic carbocycles. The van der Waals surface area contributed by atoms with Crippen LogP contribution in [0.4, 0.5) is 0 Å². The van der Waals surface area contributed by atoms with E-state index in [4.69, 9.17) is 0 Å². The van der Waals surface area contributed by atoms with E-state index in [1.165, 1.54) is 12.8 Å². The number of rotatable bonds is 5. The molecule has 24 heavy (non-hydrogen) atoms. The van der Waals surface area contributed by atoms with Crippen LogP contribution in [0.3, 0.4) is 0 Å². The molecule has 1 aliphatic rings. The Morgan fingerprint density at radius 1 is 1.29 bits per heavy atom. The van der Waals surface area contributed by atoms with Crippen molar-refractivity contribution in [2.24, 2.45) is 5.92 Å². The molecule has 1 unspecified atom stereocenters. The fraction of sp³-hybridized carbons (Fsp3) is 0.316. The smallest absolute Gasteiger partial charge is 0.274 e. The van der Waals surface area contributed by atoms with Crippen molar-refractivity contribution in [1.29, 1.82) is 0 Å². The predicted octanol–water partition coefficient (Wildman–Crippen LogP) is 3.17. The average Bonchev–Trinajstić information content (AvgIpc) is 3.38. The normalized spacial score (nSPS) is 15.4. The Balaban J connectivity index is 1.65. The van der Waals surface area contributed by atoms with Gasteiger partial charge in [0.15, 0.2) is 0 Å². The number of carbonyl (C=O) groups excluding carboxylic acids is 1. The lowest BCUT2D eigenvalue weighted by atomic mass is 10.1. The highest BCUT2D eigenvalue weighted by Gasteiger charge is 2.35. The number of benzene rings is 1. The van der Waals surface area contributed by atoms with Gasteiger partial charge in [0.25, 0.3) is 5.91 Å². The maximum atomic E-state index is 13.1. The monoisotopic (exact) mass is 320 g/mol. The second-order valence-electron chi connectivity index (χ2n) is 6.45. The van der Waals surface area contributed by atoms with Gasteiger partial charge in [-0.2, -0.15) is 0 Å². The Morgan fingerprint density at radius 3 is 2.79 bits per heavy atom. The molecule has 122 valence electrons. The minimum atomic E-state index is -0.0243. The van der Waals surface area contributed by atoms with Crippen molar-refractivity contribution in [1.82, 2.24) is 19.3 Å². The number of nitrogens with zero attached hydrogens (tertiary/aromatic N) is 4. The molecule has 4 rings (SSSR count). The molecule has 5 nitrogen and oxygen atoms in total. The van der Waals surface area contributed by atoms with Crippen LogP contribution in [0, 0.1) is 5.92 Å². The molecule has 5 heteroatoms. The first-order valence-corrected chi connectivity index (χ1v) is 8.37. The molecular weight excluding hydrogens is 300 g/mol. The summed E-state index contributed by atoms with van der Waals surface area (Å²) in [6, 6.07) is 12.2. The van der Waals surface area contributed by atoms with Crippen molar-refractivity contribution in [3.05, 3.63) is 66.2 Å². The van der Waals surface area contributed by atoms with Crippen LogP contribution < -0.4 is 0 Å². The zero-order chi connectivity index (χ0) is 16.5. The van der Waals surface area contributed by atoms with E-state index in [1.807, 2.05) is 35.4 Å². The van der Waals surface area contributed by atoms with Crippen molar-refractivity contribution in [2.45, 2.75) is 32.4 Å². The number of amides is 1. The molecule has 1 fully saturated rings. The molecule has 0 saturated heterocycles. The molecule has 2 aromatic heterocycles. The summed E-state index contributed by atoms with van der Waals surface area (Å²) >= 11 is 0. The summed E-state index contributed by atoms with van der Waals surface area (Å²) in [6.45, 7) is 2.76. The van der Waals surface area contributed by atoms with Gasteiger partial charge in [-0.1, -0.05) is 30.3 Å². The van der Waals surface area contributed by atoms with Gasteiger partial charge in [0.05, 0.1) is 0 Å². The minimum Gasteiger partial charge on any atom is -0.330 e. The van der Waals surface area contributed by atoms with Crippen molar-refractivity contribution in [3.63, 3.8) is 0 Å². The molecule has 0 spiro atoms. The summed E-state index contributed by atoms with van der Waals surface area (Å²) in [5.74, 6) is 1.14. The molecule has 0 bridgehead atoms. The lowest BCUT2D eigenvalue weighted by Crippen LogP contribution is -2.39. The van der Waals surface area contributed by atoms with Gasteiger partial charge in [-0.05, 0) is 37.3 Å². The van der Waals surface area contributed by atoms with Crippen molar-refractivity contribution >= 4 is 11.7 Å². The largest absolute Gasteiger partial charge is 0.330 e. The third kappa shape index (κ3) is 2.89. The first-order valence-electron chi connectivity index (χ1n) is 8.37. The molecule has 1 atom stereocenters. The fourth-order valence-corrected chi connectivity index (χ4v) is 3.09. The zero-order valence-electron chi connectivity index (χ0n) is 13.7. The van der Waals surface area contributed by atoms with Gasteiger partial charge in [-0.25, -0.2) is 9.97 Å². The molecule has 1 aliphatic carbocycles. The maximum absolute atomic E-state index is 13.1. The first kappa shape index (κ1) is 14.9. The average molecular weight is 320 g/mol. The van der Waals surface area contributed by atoms with Crippen LogP contribution in [-0.2, 0) is 6.54 Å².